The van der Waals surface area contributed by atoms with E-state index in [0.29, 0.717) is 12.8 Å². The van der Waals surface area contributed by atoms with E-state index >= 15 is 0 Å². The van der Waals surface area contributed by atoms with Crippen LogP contribution in [0.1, 0.15) is 12.8 Å². The van der Waals surface area contributed by atoms with Crippen molar-refractivity contribution in [2.24, 2.45) is 0 Å². The van der Waals surface area contributed by atoms with E-state index in [0.717, 1.165) is 0 Å². The van der Waals surface area contributed by atoms with E-state index in [1.165, 1.54) is 12.4 Å². The van der Waals surface area contributed by atoms with Crippen LogP contribution in [0.2, 0.25) is 0 Å². The number of rotatable bonds is 0. The second kappa shape index (κ2) is 6.68. The van der Waals surface area contributed by atoms with Crippen LogP contribution in [0.4, 0.5) is 0 Å². The summed E-state index contributed by atoms with van der Waals surface area (Å²) in [5, 5.41) is 6.83. The molecule has 4 nitrogen and oxygen atoms in total. The van der Waals surface area contributed by atoms with Crippen molar-refractivity contribution in [2.45, 2.75) is 12.8 Å². The monoisotopic (exact) mass is 188 g/mol. The number of hydrogen-bond donors (Lipinski definition) is 0. The molecule has 0 atom stereocenters. The van der Waals surface area contributed by atoms with Gasteiger partial charge in [0.1, 0.15) is 0 Å². The zero-order chi connectivity index (χ0) is 8.81. The van der Waals surface area contributed by atoms with E-state index in [1.54, 1.807) is 12.2 Å². The van der Waals surface area contributed by atoms with Gasteiger partial charge in [-0.25, -0.2) is 0 Å². The molecule has 0 bridgehead atoms. The van der Waals surface area contributed by atoms with Gasteiger partial charge in [-0.05, 0) is 0 Å². The van der Waals surface area contributed by atoms with Crippen molar-refractivity contribution < 1.29 is 9.59 Å². The Morgan fingerprint density at radius 1 is 0.923 bits per heavy atom. The molecule has 0 aromatic rings. The Morgan fingerprint density at radius 3 is 1.38 bits per heavy atom. The Labute approximate surface area is 92.6 Å². The van der Waals surface area contributed by atoms with E-state index in [-0.39, 0.29) is 34.9 Å². The molecule has 0 aromatic heterocycles. The van der Waals surface area contributed by atoms with Crippen molar-refractivity contribution in [1.82, 2.24) is 0 Å². The molecule has 0 aliphatic carbocycles. The molecular weight excluding hydrogens is 180 g/mol. The topological polar surface area (TPSA) is 62.3 Å². The molecule has 64 valence electrons. The van der Waals surface area contributed by atoms with Crippen LogP contribution in [0, 0.1) is 0 Å². The molecule has 0 aromatic carbocycles. The Balaban J connectivity index is 0.000000206. The molecule has 0 N–H and O–H groups in total. The van der Waals surface area contributed by atoms with Crippen LogP contribution in [-0.4, -0.2) is 34.9 Å². The minimum absolute atomic E-state index is 0. The van der Waals surface area contributed by atoms with Crippen molar-refractivity contribution in [2.75, 3.05) is 0 Å². The first-order valence-electron chi connectivity index (χ1n) is 3.56. The van der Waals surface area contributed by atoms with Gasteiger partial charge in [0.05, 0.1) is 11.8 Å². The summed E-state index contributed by atoms with van der Waals surface area (Å²) in [5.74, 6) is -0.0648. The minimum Gasteiger partial charge on any atom is -0.633 e. The van der Waals surface area contributed by atoms with Gasteiger partial charge in [-0.2, -0.15) is 12.4 Å². The summed E-state index contributed by atoms with van der Waals surface area (Å²) in [5.41, 5.74) is 0. The third kappa shape index (κ3) is 5.43. The van der Waals surface area contributed by atoms with Gasteiger partial charge in [-0.1, -0.05) is 0 Å². The normalized spacial score (nSPS) is 16.9. The average Bonchev–Trinajstić information content (AvgIpc) is 2.63. The fourth-order valence-corrected chi connectivity index (χ4v) is 0.684. The summed E-state index contributed by atoms with van der Waals surface area (Å²) < 4.78 is 0. The first-order chi connectivity index (χ1) is 5.79. The fourth-order valence-electron chi connectivity index (χ4n) is 0.684. The number of amides is 2. The molecule has 0 saturated heterocycles. The van der Waals surface area contributed by atoms with Gasteiger partial charge in [-0.15, -0.1) is 12.2 Å². The maximum atomic E-state index is 10.0. The molecule has 0 unspecified atom stereocenters. The molecule has 2 amide bonds. The molecule has 2 rings (SSSR count). The average molecular weight is 188 g/mol. The summed E-state index contributed by atoms with van der Waals surface area (Å²) in [6, 6.07) is 0. The Hall–Kier alpha value is -0.814. The van der Waals surface area contributed by atoms with Gasteiger partial charge in [-0.3, -0.25) is 0 Å². The molecule has 2 aliphatic rings. The van der Waals surface area contributed by atoms with Crippen molar-refractivity contribution in [1.29, 1.82) is 0 Å². The van der Waals surface area contributed by atoms with E-state index in [4.69, 9.17) is 0 Å². The van der Waals surface area contributed by atoms with Gasteiger partial charge in [0, 0.05) is 12.8 Å². The van der Waals surface area contributed by atoms with Gasteiger partial charge in [0.25, 0.3) is 0 Å². The second-order valence-corrected chi connectivity index (χ2v) is 2.22. The van der Waals surface area contributed by atoms with Gasteiger partial charge in [0.15, 0.2) is 0 Å². The van der Waals surface area contributed by atoms with Crippen LogP contribution >= 0.6 is 0 Å². The summed E-state index contributed by atoms with van der Waals surface area (Å²) in [4.78, 5) is 20.0. The minimum atomic E-state index is -0.0324. The summed E-state index contributed by atoms with van der Waals surface area (Å²) in [6.07, 6.45) is 7.54. The van der Waals surface area contributed by atoms with Crippen LogP contribution in [0.5, 0.6) is 0 Å². The van der Waals surface area contributed by atoms with Crippen LogP contribution in [0.3, 0.4) is 0 Å². The van der Waals surface area contributed by atoms with Gasteiger partial charge < -0.3 is 20.2 Å². The quantitative estimate of drug-likeness (QED) is 0.537. The van der Waals surface area contributed by atoms with Crippen molar-refractivity contribution in [3.05, 3.63) is 35.2 Å². The van der Waals surface area contributed by atoms with Crippen LogP contribution in [0.15, 0.2) is 24.6 Å². The van der Waals surface area contributed by atoms with Crippen molar-refractivity contribution in [3.63, 3.8) is 0 Å². The zero-order valence-corrected chi connectivity index (χ0v) is 8.56. The molecule has 0 fully saturated rings. The van der Waals surface area contributed by atoms with Crippen LogP contribution in [0.25, 0.3) is 10.6 Å². The first-order valence-corrected chi connectivity index (χ1v) is 3.56. The van der Waals surface area contributed by atoms with E-state index in [9.17, 15) is 9.59 Å². The summed E-state index contributed by atoms with van der Waals surface area (Å²) >= 11 is 0. The Kier molecular flexibility index (Phi) is 6.26. The van der Waals surface area contributed by atoms with E-state index in [1.807, 2.05) is 0 Å². The molecule has 0 radical (unpaired) electrons. The third-order valence-corrected chi connectivity index (χ3v) is 1.23. The SMILES string of the molecule is O=C1CC=C[N-]1.O=C1CC=C[N-]1.[Mg+2]. The number of carbonyl (C=O) groups excluding carboxylic acids is 2. The molecular formula is C8H8MgN2O2. The van der Waals surface area contributed by atoms with Crippen molar-refractivity contribution in [3.8, 4) is 0 Å². The second-order valence-electron chi connectivity index (χ2n) is 2.22. The predicted molar refractivity (Wildman–Crippen MR) is 50.0 cm³/mol. The third-order valence-electron chi connectivity index (χ3n) is 1.23. The molecule has 13 heavy (non-hydrogen) atoms. The first kappa shape index (κ1) is 12.2. The summed E-state index contributed by atoms with van der Waals surface area (Å²) in [6.45, 7) is 0. The fraction of sp³-hybridized carbons (Fsp3) is 0.250. The maximum Gasteiger partial charge on any atom is 2.00 e. The van der Waals surface area contributed by atoms with Crippen LogP contribution in [-0.2, 0) is 9.59 Å². The smallest absolute Gasteiger partial charge is 0.633 e. The summed E-state index contributed by atoms with van der Waals surface area (Å²) in [7, 11) is 0. The van der Waals surface area contributed by atoms with Crippen molar-refractivity contribution >= 4 is 34.9 Å². The molecule has 0 saturated carbocycles. The molecule has 2 heterocycles. The predicted octanol–water partition coefficient (Wildman–Crippen LogP) is 1.23. The Bertz CT molecular complexity index is 203. The number of nitrogens with zero attached hydrogens (tertiary/aromatic N) is 2. The maximum absolute atomic E-state index is 10.0. The molecule has 2 aliphatic heterocycles. The number of hydrogen-bond acceptors (Lipinski definition) is 2. The largest absolute Gasteiger partial charge is 2.00 e. The Morgan fingerprint density at radius 2 is 1.31 bits per heavy atom. The molecule has 0 spiro atoms. The van der Waals surface area contributed by atoms with Crippen LogP contribution < -0.4 is 0 Å². The van der Waals surface area contributed by atoms with Gasteiger partial charge >= 0.3 is 23.1 Å². The zero-order valence-electron chi connectivity index (χ0n) is 7.14. The standard InChI is InChI=1S/2C4H5NO.Mg/c2*6-4-2-1-3-5-4;/h2*1,3H,2H2,(H,5,6);/q;;+2/p-2. The number of carbonyl (C=O) groups is 2. The van der Waals surface area contributed by atoms with E-state index < -0.39 is 0 Å². The van der Waals surface area contributed by atoms with Gasteiger partial charge in [0.2, 0.25) is 0 Å². The molecule has 5 heteroatoms. The van der Waals surface area contributed by atoms with E-state index in [2.05, 4.69) is 10.6 Å².